The maximum atomic E-state index is 10.6. The number of anilines is 1. The van der Waals surface area contributed by atoms with Crippen LogP contribution in [0.5, 0.6) is 0 Å². The average molecular weight is 271 g/mol. The molecule has 0 radical (unpaired) electrons. The van der Waals surface area contributed by atoms with Crippen LogP contribution in [-0.4, -0.2) is 24.2 Å². The fourth-order valence-corrected chi connectivity index (χ4v) is 2.47. The van der Waals surface area contributed by atoms with E-state index in [0.29, 0.717) is 17.2 Å². The molecular weight excluding hydrogens is 256 g/mol. The van der Waals surface area contributed by atoms with Crippen molar-refractivity contribution in [3.8, 4) is 0 Å². The number of nitro groups is 1. The van der Waals surface area contributed by atoms with E-state index in [-0.39, 0.29) is 5.69 Å². The Labute approximate surface area is 110 Å². The highest BCUT2D eigenvalue weighted by Crippen LogP contribution is 2.30. The monoisotopic (exact) mass is 270 g/mol. The summed E-state index contributed by atoms with van der Waals surface area (Å²) in [6.07, 6.45) is 3.27. The summed E-state index contributed by atoms with van der Waals surface area (Å²) in [5, 5.41) is 14.3. The summed E-state index contributed by atoms with van der Waals surface area (Å²) in [4.78, 5) is 10.1. The van der Waals surface area contributed by atoms with Crippen molar-refractivity contribution >= 4 is 23.0 Å². The Kier molecular flexibility index (Phi) is 4.04. The van der Waals surface area contributed by atoms with Gasteiger partial charge in [-0.25, -0.2) is 0 Å². The second kappa shape index (κ2) is 5.54. The molecule has 0 spiro atoms. The molecule has 2 unspecified atom stereocenters. The molecule has 2 rings (SSSR count). The molecule has 6 heteroatoms. The number of hydrogen-bond donors (Lipinski definition) is 1. The number of methoxy groups -OCH3 is 1. The predicted molar refractivity (Wildman–Crippen MR) is 70.2 cm³/mol. The van der Waals surface area contributed by atoms with Crippen LogP contribution in [0.4, 0.5) is 11.4 Å². The molecule has 18 heavy (non-hydrogen) atoms. The van der Waals surface area contributed by atoms with E-state index >= 15 is 0 Å². The zero-order chi connectivity index (χ0) is 13.1. The summed E-state index contributed by atoms with van der Waals surface area (Å²) >= 11 is 6.02. The van der Waals surface area contributed by atoms with Gasteiger partial charge in [0, 0.05) is 25.3 Å². The number of nitrogens with one attached hydrogen (secondary N) is 1. The summed E-state index contributed by atoms with van der Waals surface area (Å²) < 4.78 is 5.30. The molecule has 98 valence electrons. The smallest absolute Gasteiger partial charge is 0.271 e. The lowest BCUT2D eigenvalue weighted by Crippen LogP contribution is -2.17. The Morgan fingerprint density at radius 3 is 2.83 bits per heavy atom. The van der Waals surface area contributed by atoms with E-state index in [4.69, 9.17) is 16.3 Å². The molecular formula is C12H15ClN2O3. The number of hydrogen-bond acceptors (Lipinski definition) is 4. The van der Waals surface area contributed by atoms with Crippen molar-refractivity contribution in [2.75, 3.05) is 12.4 Å². The Balaban J connectivity index is 2.04. The molecule has 1 aliphatic carbocycles. The summed E-state index contributed by atoms with van der Waals surface area (Å²) in [6, 6.07) is 4.79. The van der Waals surface area contributed by atoms with E-state index < -0.39 is 4.92 Å². The van der Waals surface area contributed by atoms with Crippen LogP contribution in [0.15, 0.2) is 18.2 Å². The highest BCUT2D eigenvalue weighted by atomic mass is 35.5. The van der Waals surface area contributed by atoms with E-state index in [1.807, 2.05) is 0 Å². The topological polar surface area (TPSA) is 64.4 Å². The fraction of sp³-hybridized carbons (Fsp3) is 0.500. The minimum atomic E-state index is -0.452. The van der Waals surface area contributed by atoms with Crippen LogP contribution < -0.4 is 5.32 Å². The summed E-state index contributed by atoms with van der Waals surface area (Å²) in [7, 11) is 1.71. The van der Waals surface area contributed by atoms with E-state index in [1.54, 1.807) is 13.2 Å². The van der Waals surface area contributed by atoms with Crippen molar-refractivity contribution in [3.05, 3.63) is 33.3 Å². The van der Waals surface area contributed by atoms with E-state index in [0.717, 1.165) is 24.9 Å². The van der Waals surface area contributed by atoms with Crippen molar-refractivity contribution in [1.82, 2.24) is 0 Å². The highest BCUT2D eigenvalue weighted by Gasteiger charge is 2.24. The van der Waals surface area contributed by atoms with Crippen molar-refractivity contribution in [2.24, 2.45) is 0 Å². The third-order valence-corrected chi connectivity index (χ3v) is 3.55. The maximum absolute atomic E-state index is 10.6. The molecule has 0 saturated heterocycles. The molecule has 0 aromatic heterocycles. The van der Waals surface area contributed by atoms with Gasteiger partial charge in [-0.15, -0.1) is 0 Å². The second-order valence-electron chi connectivity index (χ2n) is 4.43. The molecule has 1 aliphatic rings. The Hall–Kier alpha value is -1.33. The first kappa shape index (κ1) is 13.1. The molecule has 0 aliphatic heterocycles. The SMILES string of the molecule is COC1CCC(Nc2ccc([N+](=O)[O-])cc2Cl)C1. The van der Waals surface area contributed by atoms with Crippen LogP contribution in [0.25, 0.3) is 0 Å². The number of non-ortho nitro benzene ring substituents is 1. The molecule has 2 atom stereocenters. The van der Waals surface area contributed by atoms with Gasteiger partial charge in [0.15, 0.2) is 0 Å². The van der Waals surface area contributed by atoms with Crippen molar-refractivity contribution in [2.45, 2.75) is 31.4 Å². The first-order valence-electron chi connectivity index (χ1n) is 5.83. The minimum Gasteiger partial charge on any atom is -0.381 e. The second-order valence-corrected chi connectivity index (χ2v) is 4.84. The molecule has 1 N–H and O–H groups in total. The maximum Gasteiger partial charge on any atom is 0.271 e. The van der Waals surface area contributed by atoms with E-state index in [2.05, 4.69) is 5.32 Å². The number of ether oxygens (including phenoxy) is 1. The molecule has 1 saturated carbocycles. The number of rotatable bonds is 4. The van der Waals surface area contributed by atoms with Gasteiger partial charge in [-0.3, -0.25) is 10.1 Å². The van der Waals surface area contributed by atoms with Gasteiger partial charge in [0.2, 0.25) is 0 Å². The lowest BCUT2D eigenvalue weighted by atomic mass is 10.2. The standard InChI is InChI=1S/C12H15ClN2O3/c1-18-10-4-2-8(6-10)14-12-5-3-9(15(16)17)7-11(12)13/h3,5,7-8,10,14H,2,4,6H2,1H3. The normalized spacial score (nSPS) is 23.0. The molecule has 0 amide bonds. The van der Waals surface area contributed by atoms with Gasteiger partial charge in [0.05, 0.1) is 21.7 Å². The largest absolute Gasteiger partial charge is 0.381 e. The highest BCUT2D eigenvalue weighted by molar-refractivity contribution is 6.33. The van der Waals surface area contributed by atoms with Crippen LogP contribution in [0.3, 0.4) is 0 Å². The third-order valence-electron chi connectivity index (χ3n) is 3.24. The molecule has 1 aromatic carbocycles. The van der Waals surface area contributed by atoms with Crippen molar-refractivity contribution < 1.29 is 9.66 Å². The number of nitro benzene ring substituents is 1. The molecule has 0 bridgehead atoms. The van der Waals surface area contributed by atoms with Gasteiger partial charge >= 0.3 is 0 Å². The van der Waals surface area contributed by atoms with Crippen LogP contribution in [0, 0.1) is 10.1 Å². The molecule has 1 aromatic rings. The molecule has 1 fully saturated rings. The number of benzene rings is 1. The summed E-state index contributed by atoms with van der Waals surface area (Å²) in [5.74, 6) is 0. The van der Waals surface area contributed by atoms with Gasteiger partial charge in [0.25, 0.3) is 5.69 Å². The van der Waals surface area contributed by atoms with Crippen molar-refractivity contribution in [1.29, 1.82) is 0 Å². The van der Waals surface area contributed by atoms with Gasteiger partial charge in [-0.1, -0.05) is 11.6 Å². The Morgan fingerprint density at radius 1 is 1.50 bits per heavy atom. The minimum absolute atomic E-state index is 0.00624. The zero-order valence-electron chi connectivity index (χ0n) is 10.1. The van der Waals surface area contributed by atoms with Crippen molar-refractivity contribution in [3.63, 3.8) is 0 Å². The van der Waals surface area contributed by atoms with Crippen LogP contribution in [0.2, 0.25) is 5.02 Å². The lowest BCUT2D eigenvalue weighted by Gasteiger charge is -2.15. The van der Waals surface area contributed by atoms with Gasteiger partial charge in [-0.2, -0.15) is 0 Å². The number of nitrogens with zero attached hydrogens (tertiary/aromatic N) is 1. The third kappa shape index (κ3) is 2.91. The Morgan fingerprint density at radius 2 is 2.28 bits per heavy atom. The van der Waals surface area contributed by atoms with Crippen LogP contribution in [0.1, 0.15) is 19.3 Å². The van der Waals surface area contributed by atoms with Crippen LogP contribution >= 0.6 is 11.6 Å². The lowest BCUT2D eigenvalue weighted by molar-refractivity contribution is -0.384. The van der Waals surface area contributed by atoms with Crippen LogP contribution in [-0.2, 0) is 4.74 Å². The zero-order valence-corrected chi connectivity index (χ0v) is 10.8. The Bertz CT molecular complexity index is 453. The predicted octanol–water partition coefficient (Wildman–Crippen LogP) is 3.23. The fourth-order valence-electron chi connectivity index (χ4n) is 2.24. The van der Waals surface area contributed by atoms with E-state index in [1.165, 1.54) is 12.1 Å². The van der Waals surface area contributed by atoms with Gasteiger partial charge in [-0.05, 0) is 25.3 Å². The molecule has 5 nitrogen and oxygen atoms in total. The average Bonchev–Trinajstić information content (AvgIpc) is 2.79. The summed E-state index contributed by atoms with van der Waals surface area (Å²) in [6.45, 7) is 0. The quantitative estimate of drug-likeness (QED) is 0.674. The van der Waals surface area contributed by atoms with E-state index in [9.17, 15) is 10.1 Å². The first-order valence-corrected chi connectivity index (χ1v) is 6.21. The summed E-state index contributed by atoms with van der Waals surface area (Å²) in [5.41, 5.74) is 0.746. The first-order chi connectivity index (χ1) is 8.60. The molecule has 0 heterocycles. The number of halogens is 1. The van der Waals surface area contributed by atoms with Gasteiger partial charge < -0.3 is 10.1 Å². The van der Waals surface area contributed by atoms with Gasteiger partial charge in [0.1, 0.15) is 0 Å².